The van der Waals surface area contributed by atoms with Crippen LogP contribution in [0.15, 0.2) is 5.10 Å². The van der Waals surface area contributed by atoms with Gasteiger partial charge in [-0.2, -0.15) is 5.01 Å². The third-order valence-electron chi connectivity index (χ3n) is 6.39. The number of amides is 3. The maximum Gasteiger partial charge on any atom is 0.343 e. The Balaban J connectivity index is 2.14. The molecule has 0 radical (unpaired) electrons. The van der Waals surface area contributed by atoms with Crippen LogP contribution < -0.4 is 10.6 Å². The van der Waals surface area contributed by atoms with Crippen LogP contribution in [0, 0.1) is 5.92 Å². The number of hydrazone groups is 1. The lowest BCUT2D eigenvalue weighted by molar-refractivity contribution is -0.131. The summed E-state index contributed by atoms with van der Waals surface area (Å²) in [5, 5.41) is 12.1. The molecule has 2 aliphatic rings. The van der Waals surface area contributed by atoms with Gasteiger partial charge in [-0.1, -0.05) is 59.7 Å². The lowest BCUT2D eigenvalue weighted by Crippen LogP contribution is -2.64. The summed E-state index contributed by atoms with van der Waals surface area (Å²) in [6.07, 6.45) is 4.49. The Kier molecular flexibility index (Phi) is 11.8. The van der Waals surface area contributed by atoms with Gasteiger partial charge in [0, 0.05) is 24.6 Å². The van der Waals surface area contributed by atoms with Crippen molar-refractivity contribution in [2.45, 2.75) is 110 Å². The minimum Gasteiger partial charge on any atom is -0.438 e. The molecule has 200 valence electrons. The predicted molar refractivity (Wildman–Crippen MR) is 141 cm³/mol. The van der Waals surface area contributed by atoms with Gasteiger partial charge in [0.2, 0.25) is 5.91 Å². The molecular weight excluding hydrogens is 466 g/mol. The maximum absolute atomic E-state index is 13.5. The predicted octanol–water partition coefficient (Wildman–Crippen LogP) is 4.28. The molecule has 1 aliphatic heterocycles. The Hall–Kier alpha value is -1.81. The van der Waals surface area contributed by atoms with Crippen molar-refractivity contribution in [2.75, 3.05) is 19.6 Å². The van der Waals surface area contributed by atoms with Crippen molar-refractivity contribution in [3.8, 4) is 0 Å². The fourth-order valence-electron chi connectivity index (χ4n) is 4.30. The van der Waals surface area contributed by atoms with Crippen LogP contribution in [0.1, 0.15) is 92.9 Å². The van der Waals surface area contributed by atoms with Crippen molar-refractivity contribution in [3.63, 3.8) is 0 Å². The zero-order chi connectivity index (χ0) is 26.0. The Morgan fingerprint density at radius 2 is 1.74 bits per heavy atom. The minimum atomic E-state index is -1.07. The van der Waals surface area contributed by atoms with Gasteiger partial charge in [0.15, 0.2) is 5.78 Å². The van der Waals surface area contributed by atoms with E-state index in [-0.39, 0.29) is 16.9 Å². The van der Waals surface area contributed by atoms with Crippen molar-refractivity contribution in [1.29, 1.82) is 0 Å². The number of carbonyl (C=O) groups excluding carboxylic acids is 3. The molecule has 0 spiro atoms. The number of ether oxygens (including phenoxy) is 1. The SMILES string of the molecule is CCN(CC)CCC(=O)NC1(NC(=O)N2N=C(SC(C)C)OC2C(=O)CCC(C)C)CCCCC1. The monoisotopic (exact) mass is 511 g/mol. The molecule has 1 saturated carbocycles. The largest absolute Gasteiger partial charge is 0.438 e. The number of nitrogens with zero attached hydrogens (tertiary/aromatic N) is 3. The molecule has 1 heterocycles. The first kappa shape index (κ1) is 29.4. The van der Waals surface area contributed by atoms with Gasteiger partial charge in [0.05, 0.1) is 0 Å². The number of Topliss-reactive ketones (excluding diaryl/α,β-unsaturated/α-hetero) is 1. The summed E-state index contributed by atoms with van der Waals surface area (Å²) in [4.78, 5) is 41.4. The smallest absolute Gasteiger partial charge is 0.343 e. The number of urea groups is 1. The van der Waals surface area contributed by atoms with E-state index in [9.17, 15) is 14.4 Å². The highest BCUT2D eigenvalue weighted by atomic mass is 32.2. The van der Waals surface area contributed by atoms with Crippen molar-refractivity contribution >= 4 is 34.7 Å². The first-order valence-electron chi connectivity index (χ1n) is 13.2. The summed E-state index contributed by atoms with van der Waals surface area (Å²) in [5.74, 6) is 0.115. The van der Waals surface area contributed by atoms with Gasteiger partial charge in [0.1, 0.15) is 5.66 Å². The fraction of sp³-hybridized carbons (Fsp3) is 0.840. The standard InChI is InChI=1S/C25H45N5O4S/c1-7-29(8-2)17-14-21(32)26-25(15-10-9-11-16-25)27-23(33)30-22(20(31)13-12-18(3)4)34-24(28-30)35-19(5)6/h18-19,22H,7-17H2,1-6H3,(H,26,32)(H,27,33). The molecule has 2 rings (SSSR count). The number of hydrogen-bond acceptors (Lipinski definition) is 7. The zero-order valence-corrected chi connectivity index (χ0v) is 23.2. The second-order valence-corrected chi connectivity index (χ2v) is 11.7. The average Bonchev–Trinajstić information content (AvgIpc) is 3.22. The summed E-state index contributed by atoms with van der Waals surface area (Å²) in [5.41, 5.74) is -0.843. The van der Waals surface area contributed by atoms with Crippen molar-refractivity contribution < 1.29 is 19.1 Å². The molecule has 9 nitrogen and oxygen atoms in total. The van der Waals surface area contributed by atoms with Gasteiger partial charge in [0.25, 0.3) is 11.5 Å². The van der Waals surface area contributed by atoms with Crippen LogP contribution in [0.3, 0.4) is 0 Å². The summed E-state index contributed by atoms with van der Waals surface area (Å²) >= 11 is 1.38. The molecule has 0 bridgehead atoms. The molecule has 0 aromatic heterocycles. The van der Waals surface area contributed by atoms with Crippen LogP contribution in [0.25, 0.3) is 0 Å². The van der Waals surface area contributed by atoms with Gasteiger partial charge < -0.3 is 20.3 Å². The highest BCUT2D eigenvalue weighted by Gasteiger charge is 2.42. The van der Waals surface area contributed by atoms with E-state index in [1.54, 1.807) is 0 Å². The Morgan fingerprint density at radius 3 is 2.31 bits per heavy atom. The number of thioether (sulfide) groups is 1. The molecule has 1 fully saturated rings. The minimum absolute atomic E-state index is 0.0825. The second kappa shape index (κ2) is 14.1. The van der Waals surface area contributed by atoms with Gasteiger partial charge in [-0.25, -0.2) is 4.79 Å². The van der Waals surface area contributed by atoms with Crippen LogP contribution in [0.4, 0.5) is 4.79 Å². The summed E-state index contributed by atoms with van der Waals surface area (Å²) < 4.78 is 5.83. The van der Waals surface area contributed by atoms with E-state index in [4.69, 9.17) is 4.74 Å². The summed E-state index contributed by atoms with van der Waals surface area (Å²) in [6, 6.07) is -0.516. The number of rotatable bonds is 12. The lowest BCUT2D eigenvalue weighted by Gasteiger charge is -2.39. The normalized spacial score (nSPS) is 19.6. The van der Waals surface area contributed by atoms with Crippen LogP contribution in [0.2, 0.25) is 0 Å². The average molecular weight is 512 g/mol. The summed E-state index contributed by atoms with van der Waals surface area (Å²) in [6.45, 7) is 14.7. The Morgan fingerprint density at radius 1 is 1.09 bits per heavy atom. The molecule has 1 atom stereocenters. The van der Waals surface area contributed by atoms with E-state index in [1.165, 1.54) is 11.8 Å². The van der Waals surface area contributed by atoms with Gasteiger partial charge in [-0.05, 0) is 51.1 Å². The number of nitrogens with one attached hydrogen (secondary N) is 2. The Labute approximate surface area is 215 Å². The van der Waals surface area contributed by atoms with Gasteiger partial charge in [-0.3, -0.25) is 9.59 Å². The molecule has 2 N–H and O–H groups in total. The molecule has 35 heavy (non-hydrogen) atoms. The molecule has 0 saturated heterocycles. The van der Waals surface area contributed by atoms with Gasteiger partial charge in [-0.15, -0.1) is 5.10 Å². The van der Waals surface area contributed by atoms with Crippen molar-refractivity contribution in [1.82, 2.24) is 20.5 Å². The molecule has 1 unspecified atom stereocenters. The lowest BCUT2D eigenvalue weighted by atomic mass is 9.88. The van der Waals surface area contributed by atoms with E-state index >= 15 is 0 Å². The molecule has 1 aliphatic carbocycles. The first-order chi connectivity index (χ1) is 16.6. The number of hydrogen-bond donors (Lipinski definition) is 2. The van der Waals surface area contributed by atoms with E-state index in [1.807, 2.05) is 13.8 Å². The van der Waals surface area contributed by atoms with E-state index < -0.39 is 17.9 Å². The van der Waals surface area contributed by atoms with E-state index in [0.717, 1.165) is 37.4 Å². The number of ketones is 1. The quantitative estimate of drug-likeness (QED) is 0.379. The maximum atomic E-state index is 13.5. The summed E-state index contributed by atoms with van der Waals surface area (Å²) in [7, 11) is 0. The van der Waals surface area contributed by atoms with Crippen molar-refractivity contribution in [2.24, 2.45) is 11.0 Å². The van der Waals surface area contributed by atoms with Gasteiger partial charge >= 0.3 is 6.03 Å². The van der Waals surface area contributed by atoms with Crippen LogP contribution >= 0.6 is 11.8 Å². The molecule has 0 aromatic carbocycles. The van der Waals surface area contributed by atoms with Crippen LogP contribution in [0.5, 0.6) is 0 Å². The third-order valence-corrected chi connectivity index (χ3v) is 7.24. The van der Waals surface area contributed by atoms with Crippen LogP contribution in [-0.2, 0) is 14.3 Å². The first-order valence-corrected chi connectivity index (χ1v) is 14.1. The zero-order valence-electron chi connectivity index (χ0n) is 22.4. The second-order valence-electron chi connectivity index (χ2n) is 10.1. The number of carbonyl (C=O) groups is 3. The third kappa shape index (κ3) is 9.29. The van der Waals surface area contributed by atoms with E-state index in [0.29, 0.717) is 49.8 Å². The van der Waals surface area contributed by atoms with Crippen molar-refractivity contribution in [3.05, 3.63) is 0 Å². The molecule has 0 aromatic rings. The highest BCUT2D eigenvalue weighted by Crippen LogP contribution is 2.29. The molecular formula is C25H45N5O4S. The van der Waals surface area contributed by atoms with Crippen LogP contribution in [-0.4, -0.2) is 69.6 Å². The van der Waals surface area contributed by atoms with E-state index in [2.05, 4.69) is 48.3 Å². The molecule has 10 heteroatoms. The molecule has 3 amide bonds. The highest BCUT2D eigenvalue weighted by molar-refractivity contribution is 8.14. The fourth-order valence-corrected chi connectivity index (χ4v) is 4.98. The Bertz CT molecular complexity index is 748. The topological polar surface area (TPSA) is 103 Å².